The molecular weight excluding hydrogens is 290 g/mol. The quantitative estimate of drug-likeness (QED) is 0.850. The summed E-state index contributed by atoms with van der Waals surface area (Å²) in [6.45, 7) is 10.6. The molecule has 0 N–H and O–H groups in total. The van der Waals surface area contributed by atoms with Gasteiger partial charge in [-0.15, -0.1) is 0 Å². The molecule has 0 aromatic carbocycles. The number of carbonyl (C=O) groups excluding carboxylic acids is 1. The van der Waals surface area contributed by atoms with Crippen molar-refractivity contribution in [1.82, 2.24) is 24.6 Å². The summed E-state index contributed by atoms with van der Waals surface area (Å²) in [6, 6.07) is 0.0763. The van der Waals surface area contributed by atoms with Crippen LogP contribution in [-0.2, 0) is 20.0 Å². The molecule has 0 saturated carbocycles. The number of carbonyl (C=O) groups is 1. The van der Waals surface area contributed by atoms with Crippen LogP contribution in [0.2, 0.25) is 0 Å². The lowest BCUT2D eigenvalue weighted by Gasteiger charge is -2.27. The molecule has 2 heterocycles. The van der Waals surface area contributed by atoms with Gasteiger partial charge in [0.25, 0.3) is 5.91 Å². The molecule has 0 bridgehead atoms. The van der Waals surface area contributed by atoms with Gasteiger partial charge in [-0.1, -0.05) is 6.92 Å². The monoisotopic (exact) mass is 315 g/mol. The number of amides is 1. The van der Waals surface area contributed by atoms with Crippen LogP contribution >= 0.6 is 0 Å². The van der Waals surface area contributed by atoms with Crippen LogP contribution in [0, 0.1) is 13.8 Å². The van der Waals surface area contributed by atoms with E-state index in [9.17, 15) is 4.79 Å². The highest BCUT2D eigenvalue weighted by Crippen LogP contribution is 2.18. The van der Waals surface area contributed by atoms with Gasteiger partial charge >= 0.3 is 0 Å². The van der Waals surface area contributed by atoms with E-state index in [1.807, 2.05) is 51.2 Å². The van der Waals surface area contributed by atoms with E-state index in [0.717, 1.165) is 29.2 Å². The van der Waals surface area contributed by atoms with Crippen LogP contribution in [0.3, 0.4) is 0 Å². The smallest absolute Gasteiger partial charge is 0.257 e. The van der Waals surface area contributed by atoms with Gasteiger partial charge in [0.05, 0.1) is 11.3 Å². The third kappa shape index (κ3) is 3.57. The fourth-order valence-corrected chi connectivity index (χ4v) is 2.52. The summed E-state index contributed by atoms with van der Waals surface area (Å²) >= 11 is 0. The van der Waals surface area contributed by atoms with E-state index < -0.39 is 0 Å². The standard InChI is InChI=1S/C17H25N5O/c1-7-16-18-8-14(9-19-16)17(23)22(11(2)3)10-15-12(4)20-21(6)13(15)5/h8-9,11H,7,10H2,1-6H3. The van der Waals surface area contributed by atoms with Crippen molar-refractivity contribution in [1.29, 1.82) is 0 Å². The first-order chi connectivity index (χ1) is 10.8. The molecule has 2 aromatic heterocycles. The molecule has 0 atom stereocenters. The maximum absolute atomic E-state index is 12.8. The van der Waals surface area contributed by atoms with E-state index >= 15 is 0 Å². The molecule has 0 radical (unpaired) electrons. The molecule has 1 amide bonds. The van der Waals surface area contributed by atoms with E-state index in [4.69, 9.17) is 0 Å². The molecule has 0 aliphatic heterocycles. The third-order valence-corrected chi connectivity index (χ3v) is 4.14. The lowest BCUT2D eigenvalue weighted by molar-refractivity contribution is 0.0689. The fourth-order valence-electron chi connectivity index (χ4n) is 2.52. The molecule has 2 rings (SSSR count). The maximum atomic E-state index is 12.8. The van der Waals surface area contributed by atoms with E-state index in [-0.39, 0.29) is 11.9 Å². The Morgan fingerprint density at radius 2 is 1.87 bits per heavy atom. The zero-order valence-corrected chi connectivity index (χ0v) is 14.8. The molecule has 6 heteroatoms. The molecule has 0 unspecified atom stereocenters. The highest BCUT2D eigenvalue weighted by molar-refractivity contribution is 5.93. The van der Waals surface area contributed by atoms with Crippen molar-refractivity contribution in [2.45, 2.75) is 53.6 Å². The van der Waals surface area contributed by atoms with Crippen molar-refractivity contribution in [3.05, 3.63) is 40.7 Å². The molecule has 0 aliphatic carbocycles. The molecular formula is C17H25N5O. The van der Waals surface area contributed by atoms with Gasteiger partial charge < -0.3 is 4.90 Å². The molecule has 0 spiro atoms. The van der Waals surface area contributed by atoms with Crippen LogP contribution in [0.25, 0.3) is 0 Å². The van der Waals surface area contributed by atoms with Crippen molar-refractivity contribution in [3.8, 4) is 0 Å². The Labute approximate surface area is 137 Å². The van der Waals surface area contributed by atoms with Gasteiger partial charge in [-0.05, 0) is 27.7 Å². The van der Waals surface area contributed by atoms with Crippen molar-refractivity contribution in [2.24, 2.45) is 7.05 Å². The van der Waals surface area contributed by atoms with Crippen LogP contribution in [0.1, 0.15) is 53.9 Å². The fraction of sp³-hybridized carbons (Fsp3) is 0.529. The lowest BCUT2D eigenvalue weighted by Crippen LogP contribution is -2.36. The Morgan fingerprint density at radius 3 is 2.30 bits per heavy atom. The first-order valence-corrected chi connectivity index (χ1v) is 7.96. The van der Waals surface area contributed by atoms with Crippen LogP contribution in [0.5, 0.6) is 0 Å². The summed E-state index contributed by atoms with van der Waals surface area (Å²) in [5.74, 6) is 0.696. The third-order valence-electron chi connectivity index (χ3n) is 4.14. The number of hydrogen-bond donors (Lipinski definition) is 0. The summed E-state index contributed by atoms with van der Waals surface area (Å²) in [5.41, 5.74) is 3.66. The molecule has 0 fully saturated rings. The maximum Gasteiger partial charge on any atom is 0.257 e. The summed E-state index contributed by atoms with van der Waals surface area (Å²) < 4.78 is 1.85. The Morgan fingerprint density at radius 1 is 1.26 bits per heavy atom. The normalized spacial score (nSPS) is 11.1. The lowest BCUT2D eigenvalue weighted by atomic mass is 10.1. The van der Waals surface area contributed by atoms with Gasteiger partial charge in [0.1, 0.15) is 5.82 Å². The molecule has 2 aromatic rings. The van der Waals surface area contributed by atoms with Crippen molar-refractivity contribution in [2.75, 3.05) is 0 Å². The Kier molecular flexibility index (Phi) is 5.13. The van der Waals surface area contributed by atoms with Crippen LogP contribution in [0.4, 0.5) is 0 Å². The van der Waals surface area contributed by atoms with Gasteiger partial charge in [0.2, 0.25) is 0 Å². The van der Waals surface area contributed by atoms with Gasteiger partial charge in [-0.3, -0.25) is 9.48 Å². The topological polar surface area (TPSA) is 63.9 Å². The minimum atomic E-state index is -0.0506. The summed E-state index contributed by atoms with van der Waals surface area (Å²) in [4.78, 5) is 23.1. The Hall–Kier alpha value is -2.24. The highest BCUT2D eigenvalue weighted by Gasteiger charge is 2.22. The van der Waals surface area contributed by atoms with Crippen LogP contribution < -0.4 is 0 Å². The van der Waals surface area contributed by atoms with Gasteiger partial charge in [-0.2, -0.15) is 5.10 Å². The molecule has 23 heavy (non-hydrogen) atoms. The predicted molar refractivity (Wildman–Crippen MR) is 89.1 cm³/mol. The second kappa shape index (κ2) is 6.89. The van der Waals surface area contributed by atoms with E-state index in [1.165, 1.54) is 0 Å². The number of aryl methyl sites for hydroxylation is 3. The van der Waals surface area contributed by atoms with Crippen molar-refractivity contribution < 1.29 is 4.79 Å². The van der Waals surface area contributed by atoms with E-state index in [2.05, 4.69) is 15.1 Å². The number of rotatable bonds is 5. The van der Waals surface area contributed by atoms with Gasteiger partial charge in [0, 0.05) is 49.7 Å². The number of aromatic nitrogens is 4. The van der Waals surface area contributed by atoms with Crippen LogP contribution in [0.15, 0.2) is 12.4 Å². The molecule has 0 aliphatic rings. The Bertz CT molecular complexity index is 688. The zero-order chi connectivity index (χ0) is 17.1. The van der Waals surface area contributed by atoms with Gasteiger partial charge in [0.15, 0.2) is 0 Å². The SMILES string of the molecule is CCc1ncc(C(=O)N(Cc2c(C)nn(C)c2C)C(C)C)cn1. The highest BCUT2D eigenvalue weighted by atomic mass is 16.2. The first-order valence-electron chi connectivity index (χ1n) is 7.96. The van der Waals surface area contributed by atoms with Crippen LogP contribution in [-0.4, -0.2) is 36.6 Å². The second-order valence-electron chi connectivity index (χ2n) is 6.04. The Balaban J connectivity index is 2.28. The molecule has 124 valence electrons. The zero-order valence-electron chi connectivity index (χ0n) is 14.8. The minimum Gasteiger partial charge on any atom is -0.332 e. The number of hydrogen-bond acceptors (Lipinski definition) is 4. The molecule has 6 nitrogen and oxygen atoms in total. The molecule has 0 saturated heterocycles. The predicted octanol–water partition coefficient (Wildman–Crippen LogP) is 2.44. The van der Waals surface area contributed by atoms with E-state index in [1.54, 1.807) is 12.4 Å². The first kappa shape index (κ1) is 17.1. The summed E-state index contributed by atoms with van der Waals surface area (Å²) in [7, 11) is 1.92. The largest absolute Gasteiger partial charge is 0.332 e. The summed E-state index contributed by atoms with van der Waals surface area (Å²) in [5, 5.41) is 4.43. The summed E-state index contributed by atoms with van der Waals surface area (Å²) in [6.07, 6.45) is 4.00. The minimum absolute atomic E-state index is 0.0506. The van der Waals surface area contributed by atoms with Crippen molar-refractivity contribution in [3.63, 3.8) is 0 Å². The second-order valence-corrected chi connectivity index (χ2v) is 6.04. The number of nitrogens with zero attached hydrogens (tertiary/aromatic N) is 5. The average Bonchev–Trinajstić information content (AvgIpc) is 2.77. The average molecular weight is 315 g/mol. The van der Waals surface area contributed by atoms with Gasteiger partial charge in [-0.25, -0.2) is 9.97 Å². The van der Waals surface area contributed by atoms with E-state index in [0.29, 0.717) is 12.1 Å². The van der Waals surface area contributed by atoms with Crippen molar-refractivity contribution >= 4 is 5.91 Å².